The Kier molecular flexibility index (Phi) is 4.02. The molecule has 0 saturated heterocycles. The Labute approximate surface area is 142 Å². The van der Waals surface area contributed by atoms with Crippen molar-refractivity contribution < 1.29 is 9.53 Å². The third-order valence-corrected chi connectivity index (χ3v) is 4.01. The number of hydrogen-bond donors (Lipinski definition) is 2. The molecule has 0 aliphatic heterocycles. The molecule has 0 radical (unpaired) electrons. The smallest absolute Gasteiger partial charge is 0.272 e. The number of aromatic nitrogens is 3. The van der Waals surface area contributed by atoms with Gasteiger partial charge in [-0.15, -0.1) is 0 Å². The second-order valence-electron chi connectivity index (χ2n) is 5.34. The second kappa shape index (κ2) is 6.01. The van der Waals surface area contributed by atoms with Crippen LogP contribution in [0.3, 0.4) is 0 Å². The SMILES string of the molecule is COc1cc(Cl)c(C)cc1NC(=O)c1c[nH]n2c(=O)cc(C)nc12. The van der Waals surface area contributed by atoms with Crippen LogP contribution in [0, 0.1) is 13.8 Å². The first-order valence-electron chi connectivity index (χ1n) is 7.14. The fraction of sp³-hybridized carbons (Fsp3) is 0.188. The van der Waals surface area contributed by atoms with E-state index in [1.165, 1.54) is 23.9 Å². The van der Waals surface area contributed by atoms with Crippen molar-refractivity contribution in [1.82, 2.24) is 14.6 Å². The highest BCUT2D eigenvalue weighted by Crippen LogP contribution is 2.31. The molecule has 1 aromatic carbocycles. The first-order valence-corrected chi connectivity index (χ1v) is 7.52. The molecule has 24 heavy (non-hydrogen) atoms. The number of aromatic amines is 1. The summed E-state index contributed by atoms with van der Waals surface area (Å²) in [6.45, 7) is 3.52. The lowest BCUT2D eigenvalue weighted by Gasteiger charge is -2.11. The number of H-pyrrole nitrogens is 1. The molecule has 0 bridgehead atoms. The van der Waals surface area contributed by atoms with Crippen LogP contribution in [0.5, 0.6) is 5.75 Å². The average Bonchev–Trinajstić information content (AvgIpc) is 2.94. The highest BCUT2D eigenvalue weighted by atomic mass is 35.5. The molecule has 0 aliphatic carbocycles. The predicted molar refractivity (Wildman–Crippen MR) is 91.2 cm³/mol. The highest BCUT2D eigenvalue weighted by Gasteiger charge is 2.17. The van der Waals surface area contributed by atoms with Crippen LogP contribution in [0.15, 0.2) is 29.2 Å². The summed E-state index contributed by atoms with van der Waals surface area (Å²) >= 11 is 6.07. The molecule has 0 unspecified atom stereocenters. The van der Waals surface area contributed by atoms with E-state index in [2.05, 4.69) is 15.4 Å². The molecule has 2 N–H and O–H groups in total. The molecule has 8 heteroatoms. The number of rotatable bonds is 3. The molecule has 2 aromatic heterocycles. The summed E-state index contributed by atoms with van der Waals surface area (Å²) < 4.78 is 6.46. The predicted octanol–water partition coefficient (Wildman–Crippen LogP) is 2.55. The number of benzene rings is 1. The largest absolute Gasteiger partial charge is 0.495 e. The number of methoxy groups -OCH3 is 1. The number of halogens is 1. The minimum absolute atomic E-state index is 0.255. The minimum Gasteiger partial charge on any atom is -0.495 e. The van der Waals surface area contributed by atoms with Crippen molar-refractivity contribution >= 4 is 28.8 Å². The van der Waals surface area contributed by atoms with Crippen molar-refractivity contribution in [2.24, 2.45) is 0 Å². The maximum atomic E-state index is 12.6. The molecular weight excluding hydrogens is 332 g/mol. The zero-order valence-electron chi connectivity index (χ0n) is 13.3. The van der Waals surface area contributed by atoms with Gasteiger partial charge in [-0.25, -0.2) is 9.50 Å². The van der Waals surface area contributed by atoms with Gasteiger partial charge in [-0.3, -0.25) is 14.7 Å². The van der Waals surface area contributed by atoms with Gasteiger partial charge in [-0.2, -0.15) is 0 Å². The summed E-state index contributed by atoms with van der Waals surface area (Å²) in [5, 5.41) is 6.04. The van der Waals surface area contributed by atoms with Crippen LogP contribution < -0.4 is 15.6 Å². The maximum absolute atomic E-state index is 12.6. The summed E-state index contributed by atoms with van der Waals surface area (Å²) in [4.78, 5) is 28.8. The number of fused-ring (bicyclic) bond motifs is 1. The minimum atomic E-state index is -0.411. The zero-order chi connectivity index (χ0) is 17.4. The lowest BCUT2D eigenvalue weighted by molar-refractivity contribution is 0.102. The number of carbonyl (C=O) groups excluding carboxylic acids is 1. The Balaban J connectivity index is 2.02. The highest BCUT2D eigenvalue weighted by molar-refractivity contribution is 6.31. The van der Waals surface area contributed by atoms with Crippen LogP contribution in [0.4, 0.5) is 5.69 Å². The average molecular weight is 347 g/mol. The lowest BCUT2D eigenvalue weighted by Crippen LogP contribution is -2.17. The van der Waals surface area contributed by atoms with Crippen molar-refractivity contribution in [3.63, 3.8) is 0 Å². The maximum Gasteiger partial charge on any atom is 0.272 e. The Hall–Kier alpha value is -2.80. The van der Waals surface area contributed by atoms with Crippen molar-refractivity contribution in [1.29, 1.82) is 0 Å². The van der Waals surface area contributed by atoms with Gasteiger partial charge in [0.05, 0.1) is 12.8 Å². The van der Waals surface area contributed by atoms with Crippen LogP contribution in [0.25, 0.3) is 5.65 Å². The Bertz CT molecular complexity index is 1010. The summed E-state index contributed by atoms with van der Waals surface area (Å²) in [5.74, 6) is 0.0337. The van der Waals surface area contributed by atoms with E-state index < -0.39 is 5.91 Å². The van der Waals surface area contributed by atoms with Gasteiger partial charge in [0.15, 0.2) is 5.65 Å². The van der Waals surface area contributed by atoms with Gasteiger partial charge in [0.1, 0.15) is 11.3 Å². The molecule has 0 aliphatic rings. The number of amides is 1. The van der Waals surface area contributed by atoms with Gasteiger partial charge in [0.25, 0.3) is 11.5 Å². The summed E-state index contributed by atoms with van der Waals surface area (Å²) in [7, 11) is 1.49. The Morgan fingerprint density at radius 3 is 2.79 bits per heavy atom. The number of anilines is 1. The second-order valence-corrected chi connectivity index (χ2v) is 5.74. The van der Waals surface area contributed by atoms with Crippen LogP contribution in [0.2, 0.25) is 5.02 Å². The van der Waals surface area contributed by atoms with Crippen molar-refractivity contribution in [3.8, 4) is 5.75 Å². The topological polar surface area (TPSA) is 88.5 Å². The molecule has 3 rings (SSSR count). The number of ether oxygens (including phenoxy) is 1. The van der Waals surface area contributed by atoms with Crippen LogP contribution >= 0.6 is 11.6 Å². The van der Waals surface area contributed by atoms with Gasteiger partial charge in [-0.1, -0.05) is 11.6 Å². The normalized spacial score (nSPS) is 10.8. The molecule has 0 spiro atoms. The zero-order valence-corrected chi connectivity index (χ0v) is 14.1. The fourth-order valence-corrected chi connectivity index (χ4v) is 2.54. The van der Waals surface area contributed by atoms with Crippen molar-refractivity contribution in [2.75, 3.05) is 12.4 Å². The van der Waals surface area contributed by atoms with E-state index in [1.807, 2.05) is 6.92 Å². The third-order valence-electron chi connectivity index (χ3n) is 3.60. The quantitative estimate of drug-likeness (QED) is 0.762. The molecule has 0 fully saturated rings. The van der Waals surface area contributed by atoms with E-state index in [9.17, 15) is 9.59 Å². The van der Waals surface area contributed by atoms with E-state index in [1.54, 1.807) is 19.1 Å². The van der Waals surface area contributed by atoms with Gasteiger partial charge in [0, 0.05) is 29.0 Å². The van der Waals surface area contributed by atoms with Gasteiger partial charge >= 0.3 is 0 Å². The Morgan fingerprint density at radius 2 is 2.08 bits per heavy atom. The summed E-state index contributed by atoms with van der Waals surface area (Å²) in [5.41, 5.74) is 2.06. The molecular formula is C16H15ClN4O3. The standard InChI is InChI=1S/C16H15ClN4O3/c1-8-4-12(13(24-3)6-11(8)17)20-16(23)10-7-18-21-14(22)5-9(2)19-15(10)21/h4-7,18H,1-3H3,(H,20,23). The van der Waals surface area contributed by atoms with Crippen molar-refractivity contribution in [2.45, 2.75) is 13.8 Å². The first kappa shape index (κ1) is 16.1. The van der Waals surface area contributed by atoms with Gasteiger partial charge in [0.2, 0.25) is 0 Å². The molecule has 124 valence electrons. The molecule has 7 nitrogen and oxygen atoms in total. The lowest BCUT2D eigenvalue weighted by atomic mass is 10.2. The molecule has 3 aromatic rings. The van der Waals surface area contributed by atoms with Crippen LogP contribution in [0.1, 0.15) is 21.6 Å². The van der Waals surface area contributed by atoms with Crippen molar-refractivity contribution in [3.05, 3.63) is 56.6 Å². The van der Waals surface area contributed by atoms with E-state index in [0.29, 0.717) is 22.2 Å². The van der Waals surface area contributed by atoms with Gasteiger partial charge < -0.3 is 10.1 Å². The number of aryl methyl sites for hydroxylation is 2. The van der Waals surface area contributed by atoms with Crippen LogP contribution in [-0.4, -0.2) is 27.6 Å². The third kappa shape index (κ3) is 2.74. The molecule has 0 atom stereocenters. The van der Waals surface area contributed by atoms with E-state index in [0.717, 1.165) is 5.56 Å². The molecule has 1 amide bonds. The van der Waals surface area contributed by atoms with E-state index >= 15 is 0 Å². The number of nitrogens with zero attached hydrogens (tertiary/aromatic N) is 2. The Morgan fingerprint density at radius 1 is 1.33 bits per heavy atom. The van der Waals surface area contributed by atoms with Crippen LogP contribution in [-0.2, 0) is 0 Å². The monoisotopic (exact) mass is 346 g/mol. The number of hydrogen-bond acceptors (Lipinski definition) is 4. The van der Waals surface area contributed by atoms with E-state index in [-0.39, 0.29) is 16.8 Å². The first-order chi connectivity index (χ1) is 11.4. The fourth-order valence-electron chi connectivity index (χ4n) is 2.38. The summed E-state index contributed by atoms with van der Waals surface area (Å²) in [6, 6.07) is 4.74. The van der Waals surface area contributed by atoms with Gasteiger partial charge in [-0.05, 0) is 25.5 Å². The molecule has 0 saturated carbocycles. The van der Waals surface area contributed by atoms with E-state index in [4.69, 9.17) is 16.3 Å². The molecule has 2 heterocycles. The number of carbonyl (C=O) groups is 1. The summed E-state index contributed by atoms with van der Waals surface area (Å²) in [6.07, 6.45) is 1.44. The number of nitrogens with one attached hydrogen (secondary N) is 2.